The summed E-state index contributed by atoms with van der Waals surface area (Å²) < 4.78 is 14.3. The number of hydrogen-bond donors (Lipinski definition) is 2. The van der Waals surface area contributed by atoms with Crippen molar-refractivity contribution in [2.24, 2.45) is 0 Å². The predicted molar refractivity (Wildman–Crippen MR) is 68.4 cm³/mol. The van der Waals surface area contributed by atoms with Crippen LogP contribution in [0.1, 0.15) is 10.4 Å². The molecule has 2 rings (SSSR count). The van der Waals surface area contributed by atoms with Gasteiger partial charge >= 0.3 is 0 Å². The van der Waals surface area contributed by atoms with Crippen molar-refractivity contribution in [2.75, 3.05) is 12.4 Å². The van der Waals surface area contributed by atoms with Gasteiger partial charge < -0.3 is 10.6 Å². The number of hydrogen-bond acceptors (Lipinski definition) is 4. The molecule has 8 heteroatoms. The highest BCUT2D eigenvalue weighted by molar-refractivity contribution is 6.03. The smallest absolute Gasteiger partial charge is 0.257 e. The lowest BCUT2D eigenvalue weighted by atomic mass is 10.2. The zero-order chi connectivity index (χ0) is 14.5. The van der Waals surface area contributed by atoms with Crippen molar-refractivity contribution in [3.05, 3.63) is 42.2 Å². The van der Waals surface area contributed by atoms with E-state index < -0.39 is 11.7 Å². The fraction of sp³-hybridized carbons (Fsp3) is 0.167. The van der Waals surface area contributed by atoms with Crippen molar-refractivity contribution in [3.63, 3.8) is 0 Å². The molecule has 2 N–H and O–H groups in total. The van der Waals surface area contributed by atoms with Crippen LogP contribution in [0.4, 0.5) is 10.1 Å². The van der Waals surface area contributed by atoms with E-state index in [9.17, 15) is 14.0 Å². The molecule has 0 aliphatic heterocycles. The van der Waals surface area contributed by atoms with E-state index >= 15 is 0 Å². The maximum absolute atomic E-state index is 12.9. The van der Waals surface area contributed by atoms with Crippen LogP contribution in [0.3, 0.4) is 0 Å². The maximum atomic E-state index is 12.9. The molecule has 0 unspecified atom stereocenters. The maximum Gasteiger partial charge on any atom is 0.257 e. The number of halogens is 1. The first-order valence-corrected chi connectivity index (χ1v) is 5.73. The molecule has 0 fully saturated rings. The second-order valence-electron chi connectivity index (χ2n) is 3.95. The second kappa shape index (κ2) is 5.91. The molecular formula is C12H12FN5O2. The Morgan fingerprint density at radius 2 is 2.15 bits per heavy atom. The summed E-state index contributed by atoms with van der Waals surface area (Å²) >= 11 is 0. The van der Waals surface area contributed by atoms with Crippen molar-refractivity contribution in [1.29, 1.82) is 0 Å². The summed E-state index contributed by atoms with van der Waals surface area (Å²) in [5.74, 6) is -1.30. The molecule has 2 aromatic heterocycles. The van der Waals surface area contributed by atoms with Crippen LogP contribution in [0.25, 0.3) is 0 Å². The van der Waals surface area contributed by atoms with E-state index in [1.165, 1.54) is 30.3 Å². The zero-order valence-corrected chi connectivity index (χ0v) is 10.6. The Morgan fingerprint density at radius 1 is 1.35 bits per heavy atom. The molecule has 2 aromatic rings. The van der Waals surface area contributed by atoms with Crippen LogP contribution >= 0.6 is 0 Å². The molecule has 104 valence electrons. The van der Waals surface area contributed by atoms with E-state index in [1.54, 1.807) is 0 Å². The number of carbonyl (C=O) groups excluding carboxylic acids is 2. The van der Waals surface area contributed by atoms with Gasteiger partial charge in [-0.3, -0.25) is 19.3 Å². The summed E-state index contributed by atoms with van der Waals surface area (Å²) in [4.78, 5) is 26.6. The average molecular weight is 277 g/mol. The number of rotatable bonds is 4. The van der Waals surface area contributed by atoms with Crippen LogP contribution in [0.15, 0.2) is 30.9 Å². The number of aromatic nitrogens is 3. The van der Waals surface area contributed by atoms with Crippen molar-refractivity contribution in [3.8, 4) is 0 Å². The van der Waals surface area contributed by atoms with E-state index in [1.807, 2.05) is 0 Å². The van der Waals surface area contributed by atoms with Crippen molar-refractivity contribution >= 4 is 17.5 Å². The lowest BCUT2D eigenvalue weighted by Gasteiger charge is -2.02. The number of pyridine rings is 1. The van der Waals surface area contributed by atoms with Gasteiger partial charge in [-0.15, -0.1) is 0 Å². The van der Waals surface area contributed by atoms with Gasteiger partial charge in [0.2, 0.25) is 5.91 Å². The Labute approximate surface area is 113 Å². The molecule has 0 bridgehead atoms. The van der Waals surface area contributed by atoms with Gasteiger partial charge in [0.25, 0.3) is 5.91 Å². The average Bonchev–Trinajstić information content (AvgIpc) is 2.85. The van der Waals surface area contributed by atoms with Crippen LogP contribution < -0.4 is 10.6 Å². The largest absolute Gasteiger partial charge is 0.358 e. The Hall–Kier alpha value is -2.77. The molecule has 7 nitrogen and oxygen atoms in total. The van der Waals surface area contributed by atoms with Crippen LogP contribution in [-0.4, -0.2) is 33.6 Å². The van der Waals surface area contributed by atoms with Gasteiger partial charge in [0.05, 0.1) is 23.6 Å². The van der Waals surface area contributed by atoms with Crippen molar-refractivity contribution in [1.82, 2.24) is 20.1 Å². The van der Waals surface area contributed by atoms with Gasteiger partial charge in [-0.05, 0) is 6.07 Å². The molecule has 0 aliphatic rings. The lowest BCUT2D eigenvalue weighted by Crippen LogP contribution is -2.23. The fourth-order valence-corrected chi connectivity index (χ4v) is 1.48. The third-order valence-corrected chi connectivity index (χ3v) is 2.44. The number of nitrogens with zero attached hydrogens (tertiary/aromatic N) is 3. The topological polar surface area (TPSA) is 88.9 Å². The normalized spacial score (nSPS) is 10.1. The summed E-state index contributed by atoms with van der Waals surface area (Å²) in [5, 5.41) is 8.91. The first-order chi connectivity index (χ1) is 9.58. The Bertz CT molecular complexity index is 640. The highest BCUT2D eigenvalue weighted by Crippen LogP contribution is 2.08. The van der Waals surface area contributed by atoms with Crippen molar-refractivity contribution in [2.45, 2.75) is 6.54 Å². The monoisotopic (exact) mass is 277 g/mol. The summed E-state index contributed by atoms with van der Waals surface area (Å²) in [7, 11) is 1.52. The molecule has 0 aliphatic carbocycles. The van der Waals surface area contributed by atoms with E-state index in [0.29, 0.717) is 5.69 Å². The minimum atomic E-state index is -0.590. The van der Waals surface area contributed by atoms with Gasteiger partial charge in [-0.1, -0.05) is 0 Å². The summed E-state index contributed by atoms with van der Waals surface area (Å²) in [5.41, 5.74) is 0.507. The van der Waals surface area contributed by atoms with Crippen LogP contribution in [-0.2, 0) is 11.3 Å². The molecule has 0 radical (unpaired) electrons. The third-order valence-electron chi connectivity index (χ3n) is 2.44. The SMILES string of the molecule is CNC(=O)Cn1cc(NC(=O)c2cncc(F)c2)cn1. The molecular weight excluding hydrogens is 265 g/mol. The summed E-state index contributed by atoms with van der Waals surface area (Å²) in [6.07, 6.45) is 5.17. The predicted octanol–water partition coefficient (Wildman–Crippen LogP) is 0.415. The van der Waals surface area contributed by atoms with Crippen LogP contribution in [0, 0.1) is 5.82 Å². The molecule has 0 saturated heterocycles. The minimum Gasteiger partial charge on any atom is -0.358 e. The van der Waals surface area contributed by atoms with Crippen LogP contribution in [0.5, 0.6) is 0 Å². The molecule has 2 heterocycles. The number of nitrogens with one attached hydrogen (secondary N) is 2. The molecule has 0 spiro atoms. The van der Waals surface area contributed by atoms with E-state index in [0.717, 1.165) is 12.3 Å². The zero-order valence-electron chi connectivity index (χ0n) is 10.6. The van der Waals surface area contributed by atoms with Crippen molar-refractivity contribution < 1.29 is 14.0 Å². The third kappa shape index (κ3) is 3.37. The fourth-order valence-electron chi connectivity index (χ4n) is 1.48. The quantitative estimate of drug-likeness (QED) is 0.847. The molecule has 0 atom stereocenters. The van der Waals surface area contributed by atoms with Gasteiger partial charge in [-0.2, -0.15) is 5.10 Å². The summed E-state index contributed by atoms with van der Waals surface area (Å²) in [6, 6.07) is 1.08. The molecule has 0 saturated carbocycles. The lowest BCUT2D eigenvalue weighted by molar-refractivity contribution is -0.121. The Morgan fingerprint density at radius 3 is 2.85 bits per heavy atom. The number of anilines is 1. The molecule has 0 aromatic carbocycles. The number of amides is 2. The van der Waals surface area contributed by atoms with E-state index in [2.05, 4.69) is 20.7 Å². The van der Waals surface area contributed by atoms with E-state index in [4.69, 9.17) is 0 Å². The Balaban J connectivity index is 2.03. The minimum absolute atomic E-state index is 0.0495. The van der Waals surface area contributed by atoms with Gasteiger partial charge in [0.1, 0.15) is 12.4 Å². The summed E-state index contributed by atoms with van der Waals surface area (Å²) in [6.45, 7) is 0.0495. The first-order valence-electron chi connectivity index (χ1n) is 5.73. The van der Waals surface area contributed by atoms with Gasteiger partial charge in [0.15, 0.2) is 0 Å². The number of carbonyl (C=O) groups is 2. The highest BCUT2D eigenvalue weighted by Gasteiger charge is 2.09. The van der Waals surface area contributed by atoms with E-state index in [-0.39, 0.29) is 18.0 Å². The molecule has 2 amide bonds. The van der Waals surface area contributed by atoms with Gasteiger partial charge in [0, 0.05) is 19.4 Å². The second-order valence-corrected chi connectivity index (χ2v) is 3.95. The Kier molecular flexibility index (Phi) is 4.04. The molecule has 20 heavy (non-hydrogen) atoms. The van der Waals surface area contributed by atoms with Crippen LogP contribution in [0.2, 0.25) is 0 Å². The highest BCUT2D eigenvalue weighted by atomic mass is 19.1. The van der Waals surface area contributed by atoms with Gasteiger partial charge in [-0.25, -0.2) is 4.39 Å². The first kappa shape index (κ1) is 13.7. The standard InChI is InChI=1S/C12H12FN5O2/c1-14-11(19)7-18-6-10(5-16-18)17-12(20)8-2-9(13)4-15-3-8/h2-6H,7H2,1H3,(H,14,19)(H,17,20). The number of likely N-dealkylation sites (N-methyl/N-ethyl adjacent to an activating group) is 1.